The van der Waals surface area contributed by atoms with Crippen molar-refractivity contribution in [3.05, 3.63) is 52.4 Å². The van der Waals surface area contributed by atoms with Gasteiger partial charge < -0.3 is 21.1 Å². The van der Waals surface area contributed by atoms with E-state index in [1.54, 1.807) is 42.6 Å². The Morgan fingerprint density at radius 2 is 2.08 bits per heavy atom. The molecule has 0 saturated carbocycles. The fourth-order valence-electron chi connectivity index (χ4n) is 4.04. The largest absolute Gasteiger partial charge is 0.437 e. The standard InChI is InChI=1S/C26H27F3N6O2S/c1-16-34-25(24(38-16)21(33-15-30)10-12-32-17-5-4-11-31-14-17)37-22-9-8-20(18-6-2-3-7-19(18)22)35-23(36)13-26(27,28)29/h2-3,6-10,12,15,17,31H,4-5,11,13-14H2,1H3,(H2,30,33)(H,35,36)/b21-10-,32-12?. The molecule has 8 nitrogen and oxygen atoms in total. The number of hydrogen-bond donors (Lipinski definition) is 3. The molecule has 1 aliphatic heterocycles. The summed E-state index contributed by atoms with van der Waals surface area (Å²) in [6.07, 6.45) is 0.580. The minimum Gasteiger partial charge on any atom is -0.437 e. The van der Waals surface area contributed by atoms with Gasteiger partial charge in [-0.1, -0.05) is 24.3 Å². The highest BCUT2D eigenvalue weighted by molar-refractivity contribution is 7.13. The number of rotatable bonds is 8. The van der Waals surface area contributed by atoms with Gasteiger partial charge >= 0.3 is 6.18 Å². The molecule has 1 unspecified atom stereocenters. The van der Waals surface area contributed by atoms with Crippen LogP contribution in [0.3, 0.4) is 0 Å². The maximum atomic E-state index is 12.6. The average Bonchev–Trinajstić information content (AvgIpc) is 3.24. The minimum absolute atomic E-state index is 0.198. The van der Waals surface area contributed by atoms with Crippen LogP contribution in [0.1, 0.15) is 29.1 Å². The third-order valence-electron chi connectivity index (χ3n) is 5.68. The van der Waals surface area contributed by atoms with E-state index < -0.39 is 18.5 Å². The number of ether oxygens (including phenoxy) is 1. The number of thiazole rings is 1. The second-order valence-corrected chi connectivity index (χ2v) is 9.80. The number of hydrogen-bond acceptors (Lipinski definition) is 7. The molecule has 2 aromatic carbocycles. The fourth-order valence-corrected chi connectivity index (χ4v) is 4.87. The number of halogens is 3. The topological polar surface area (TPSA) is 114 Å². The summed E-state index contributed by atoms with van der Waals surface area (Å²) >= 11 is 1.38. The molecule has 12 heteroatoms. The second-order valence-electron chi connectivity index (χ2n) is 8.59. The van der Waals surface area contributed by atoms with Crippen molar-refractivity contribution in [3.8, 4) is 11.6 Å². The number of carbonyl (C=O) groups excluding carboxylic acids is 1. The Bertz CT molecular complexity index is 1380. The Hall–Kier alpha value is -3.77. The van der Waals surface area contributed by atoms with Gasteiger partial charge in [-0.15, -0.1) is 11.3 Å². The van der Waals surface area contributed by atoms with Crippen molar-refractivity contribution in [1.29, 1.82) is 0 Å². The minimum atomic E-state index is -4.60. The summed E-state index contributed by atoms with van der Waals surface area (Å²) in [6.45, 7) is 3.67. The Morgan fingerprint density at radius 1 is 1.29 bits per heavy atom. The fraction of sp³-hybridized carbons (Fsp3) is 0.308. The van der Waals surface area contributed by atoms with Crippen molar-refractivity contribution in [3.63, 3.8) is 0 Å². The third-order valence-corrected chi connectivity index (χ3v) is 6.65. The van der Waals surface area contributed by atoms with E-state index in [2.05, 4.69) is 25.6 Å². The lowest BCUT2D eigenvalue weighted by atomic mass is 10.1. The highest BCUT2D eigenvalue weighted by atomic mass is 32.1. The molecule has 2 heterocycles. The first-order chi connectivity index (χ1) is 18.2. The molecule has 0 aliphatic carbocycles. The van der Waals surface area contributed by atoms with E-state index >= 15 is 0 Å². The van der Waals surface area contributed by atoms with Crippen LogP contribution in [-0.2, 0) is 4.79 Å². The maximum Gasteiger partial charge on any atom is 0.397 e. The number of piperidine rings is 1. The van der Waals surface area contributed by atoms with E-state index in [0.29, 0.717) is 33.0 Å². The number of nitrogens with zero attached hydrogens (tertiary/aromatic N) is 3. The lowest BCUT2D eigenvalue weighted by Gasteiger charge is -2.18. The van der Waals surface area contributed by atoms with Crippen molar-refractivity contribution >= 4 is 52.0 Å². The molecule has 1 aliphatic rings. The number of carbonyl (C=O) groups is 1. The van der Waals surface area contributed by atoms with E-state index in [4.69, 9.17) is 10.5 Å². The Balaban J connectivity index is 1.63. The van der Waals surface area contributed by atoms with Crippen molar-refractivity contribution < 1.29 is 22.7 Å². The number of aromatic nitrogens is 1. The van der Waals surface area contributed by atoms with Crippen LogP contribution < -0.4 is 21.1 Å². The number of anilines is 1. The normalized spacial score (nSPS) is 16.9. The molecule has 0 bridgehead atoms. The second kappa shape index (κ2) is 12.2. The number of aryl methyl sites for hydroxylation is 1. The van der Waals surface area contributed by atoms with Crippen molar-refractivity contribution in [1.82, 2.24) is 10.3 Å². The summed E-state index contributed by atoms with van der Waals surface area (Å²) in [6, 6.07) is 10.2. The predicted octanol–water partition coefficient (Wildman–Crippen LogP) is 5.44. The van der Waals surface area contributed by atoms with Crippen LogP contribution in [0, 0.1) is 6.92 Å². The van der Waals surface area contributed by atoms with Gasteiger partial charge in [0.05, 0.1) is 23.1 Å². The van der Waals surface area contributed by atoms with Gasteiger partial charge in [0.15, 0.2) is 0 Å². The maximum absolute atomic E-state index is 12.6. The lowest BCUT2D eigenvalue weighted by Crippen LogP contribution is -2.32. The number of benzene rings is 2. The lowest BCUT2D eigenvalue weighted by molar-refractivity contribution is -0.150. The number of aliphatic imine (C=N–C) groups is 2. The summed E-state index contributed by atoms with van der Waals surface area (Å²) in [5.41, 5.74) is 6.39. The van der Waals surface area contributed by atoms with Crippen LogP contribution in [0.4, 0.5) is 18.9 Å². The van der Waals surface area contributed by atoms with Gasteiger partial charge in [-0.3, -0.25) is 9.79 Å². The number of allylic oxidation sites excluding steroid dienone is 1. The van der Waals surface area contributed by atoms with Crippen LogP contribution in [0.5, 0.6) is 11.6 Å². The Kier molecular flexibility index (Phi) is 8.74. The SMILES string of the molecule is Cc1nc(Oc2ccc(NC(=O)CC(F)(F)F)c3ccccc23)c(/C(=C/C=NC2CCCNC2)N=CN)s1. The summed E-state index contributed by atoms with van der Waals surface area (Å²) in [5, 5.41) is 7.52. The zero-order valence-corrected chi connectivity index (χ0v) is 21.4. The molecule has 1 amide bonds. The number of nitrogens with one attached hydrogen (secondary N) is 2. The number of fused-ring (bicyclic) bond motifs is 1. The molecule has 0 spiro atoms. The summed E-state index contributed by atoms with van der Waals surface area (Å²) < 4.78 is 44.1. The Labute approximate surface area is 221 Å². The monoisotopic (exact) mass is 544 g/mol. The van der Waals surface area contributed by atoms with Crippen molar-refractivity contribution in [2.45, 2.75) is 38.4 Å². The van der Waals surface area contributed by atoms with Gasteiger partial charge in [0.25, 0.3) is 0 Å². The van der Waals surface area contributed by atoms with Crippen molar-refractivity contribution in [2.75, 3.05) is 18.4 Å². The number of amides is 1. The van der Waals surface area contributed by atoms with Gasteiger partial charge in [-0.05, 0) is 44.5 Å². The highest BCUT2D eigenvalue weighted by Gasteiger charge is 2.31. The highest BCUT2D eigenvalue weighted by Crippen LogP contribution is 2.39. The van der Waals surface area contributed by atoms with Crippen LogP contribution in [0.25, 0.3) is 16.5 Å². The van der Waals surface area contributed by atoms with Gasteiger partial charge in [0.1, 0.15) is 17.0 Å². The predicted molar refractivity (Wildman–Crippen MR) is 145 cm³/mol. The molecular weight excluding hydrogens is 517 g/mol. The molecule has 1 fully saturated rings. The molecule has 4 rings (SSSR count). The molecule has 38 heavy (non-hydrogen) atoms. The summed E-state index contributed by atoms with van der Waals surface area (Å²) in [4.78, 5) is 26.0. The summed E-state index contributed by atoms with van der Waals surface area (Å²) in [5.74, 6) is -0.427. The molecular formula is C26H27F3N6O2S. The molecule has 0 radical (unpaired) electrons. The van der Waals surface area contributed by atoms with E-state index in [-0.39, 0.29) is 11.7 Å². The Morgan fingerprint density at radius 3 is 2.79 bits per heavy atom. The van der Waals surface area contributed by atoms with Crippen LogP contribution in [0.2, 0.25) is 0 Å². The number of nitrogens with two attached hydrogens (primary N) is 1. The average molecular weight is 545 g/mol. The first-order valence-electron chi connectivity index (χ1n) is 12.0. The zero-order valence-electron chi connectivity index (χ0n) is 20.6. The smallest absolute Gasteiger partial charge is 0.397 e. The molecule has 200 valence electrons. The van der Waals surface area contributed by atoms with Gasteiger partial charge in [0.2, 0.25) is 11.8 Å². The van der Waals surface area contributed by atoms with E-state index in [0.717, 1.165) is 30.9 Å². The molecule has 4 N–H and O–H groups in total. The van der Waals surface area contributed by atoms with Gasteiger partial charge in [-0.25, -0.2) is 9.98 Å². The van der Waals surface area contributed by atoms with Gasteiger partial charge in [-0.2, -0.15) is 13.2 Å². The third kappa shape index (κ3) is 7.17. The molecule has 1 saturated heterocycles. The van der Waals surface area contributed by atoms with E-state index in [9.17, 15) is 18.0 Å². The molecule has 3 aromatic rings. The van der Waals surface area contributed by atoms with Crippen LogP contribution in [0.15, 0.2) is 52.5 Å². The first-order valence-corrected chi connectivity index (χ1v) is 12.8. The number of alkyl halides is 3. The van der Waals surface area contributed by atoms with Crippen LogP contribution >= 0.6 is 11.3 Å². The van der Waals surface area contributed by atoms with Crippen molar-refractivity contribution in [2.24, 2.45) is 15.7 Å². The molecule has 1 aromatic heterocycles. The first kappa shape index (κ1) is 27.3. The summed E-state index contributed by atoms with van der Waals surface area (Å²) in [7, 11) is 0. The molecule has 1 atom stereocenters. The quantitative estimate of drug-likeness (QED) is 0.258. The van der Waals surface area contributed by atoms with E-state index in [1.165, 1.54) is 23.7 Å². The van der Waals surface area contributed by atoms with Crippen LogP contribution in [-0.4, -0.2) is 48.8 Å². The zero-order chi connectivity index (χ0) is 27.1. The van der Waals surface area contributed by atoms with Gasteiger partial charge in [0, 0.05) is 29.2 Å². The van der Waals surface area contributed by atoms with E-state index in [1.807, 2.05) is 6.92 Å².